The minimum Gasteiger partial charge on any atom is -0.488 e. The van der Waals surface area contributed by atoms with Crippen molar-refractivity contribution in [3.63, 3.8) is 0 Å². The lowest BCUT2D eigenvalue weighted by molar-refractivity contribution is -0.144. The molecular formula is C29H25F2NO3. The number of rotatable bonds is 9. The number of nitrogens with one attached hydrogen (secondary N) is 1. The average Bonchev–Trinajstić information content (AvgIpc) is 2.91. The number of halogens is 2. The van der Waals surface area contributed by atoms with Crippen LogP contribution in [0.5, 0.6) is 5.75 Å². The van der Waals surface area contributed by atoms with Gasteiger partial charge in [-0.2, -0.15) is 0 Å². The van der Waals surface area contributed by atoms with Gasteiger partial charge in [0.05, 0.1) is 12.6 Å². The fourth-order valence-corrected chi connectivity index (χ4v) is 4.15. The Kier molecular flexibility index (Phi) is 7.53. The van der Waals surface area contributed by atoms with E-state index in [4.69, 9.17) is 9.47 Å². The number of ether oxygens (including phenoxy) is 2. The van der Waals surface area contributed by atoms with Gasteiger partial charge in [-0.1, -0.05) is 91.0 Å². The Labute approximate surface area is 203 Å². The SMILES string of the molecule is COC(=O)C(COc1ccc(F)cc1F)NC(c1ccccc1)(c1ccccc1)c1ccccc1. The molecule has 0 saturated carbocycles. The van der Waals surface area contributed by atoms with Gasteiger partial charge in [-0.15, -0.1) is 0 Å². The third-order valence-corrected chi connectivity index (χ3v) is 5.80. The predicted octanol–water partition coefficient (Wildman–Crippen LogP) is 5.47. The van der Waals surface area contributed by atoms with Crippen molar-refractivity contribution in [1.82, 2.24) is 5.32 Å². The molecule has 178 valence electrons. The molecule has 0 spiro atoms. The van der Waals surface area contributed by atoms with Crippen molar-refractivity contribution in [3.8, 4) is 5.75 Å². The maximum Gasteiger partial charge on any atom is 0.326 e. The zero-order valence-electron chi connectivity index (χ0n) is 19.2. The van der Waals surface area contributed by atoms with E-state index in [1.165, 1.54) is 13.2 Å². The Hall–Kier alpha value is -4.03. The summed E-state index contributed by atoms with van der Waals surface area (Å²) in [4.78, 5) is 12.9. The van der Waals surface area contributed by atoms with Gasteiger partial charge in [0.1, 0.15) is 18.5 Å². The van der Waals surface area contributed by atoms with Crippen LogP contribution >= 0.6 is 0 Å². The van der Waals surface area contributed by atoms with E-state index in [1.54, 1.807) is 0 Å². The molecule has 0 amide bonds. The van der Waals surface area contributed by atoms with Gasteiger partial charge in [-0.05, 0) is 28.8 Å². The number of carbonyl (C=O) groups is 1. The molecule has 4 rings (SSSR count). The van der Waals surface area contributed by atoms with E-state index in [0.717, 1.165) is 28.8 Å². The molecule has 4 aromatic rings. The smallest absolute Gasteiger partial charge is 0.326 e. The third kappa shape index (κ3) is 5.23. The third-order valence-electron chi connectivity index (χ3n) is 5.80. The highest BCUT2D eigenvalue weighted by Gasteiger charge is 2.40. The van der Waals surface area contributed by atoms with E-state index in [2.05, 4.69) is 5.32 Å². The highest BCUT2D eigenvalue weighted by Crippen LogP contribution is 2.37. The number of hydrogen-bond donors (Lipinski definition) is 1. The van der Waals surface area contributed by atoms with Crippen LogP contribution in [-0.2, 0) is 15.1 Å². The summed E-state index contributed by atoms with van der Waals surface area (Å²) in [6.07, 6.45) is 0. The van der Waals surface area contributed by atoms with Gasteiger partial charge in [-0.25, -0.2) is 8.78 Å². The summed E-state index contributed by atoms with van der Waals surface area (Å²) in [5, 5.41) is 3.47. The molecule has 6 heteroatoms. The highest BCUT2D eigenvalue weighted by atomic mass is 19.1. The van der Waals surface area contributed by atoms with Gasteiger partial charge < -0.3 is 9.47 Å². The first kappa shape index (κ1) is 24.1. The second kappa shape index (κ2) is 10.9. The molecule has 0 aliphatic rings. The van der Waals surface area contributed by atoms with Gasteiger partial charge in [0.25, 0.3) is 0 Å². The lowest BCUT2D eigenvalue weighted by Gasteiger charge is -2.39. The van der Waals surface area contributed by atoms with E-state index in [0.29, 0.717) is 0 Å². The first-order chi connectivity index (χ1) is 17.0. The average molecular weight is 474 g/mol. The molecule has 0 radical (unpaired) electrons. The van der Waals surface area contributed by atoms with Crippen LogP contribution in [0.1, 0.15) is 16.7 Å². The maximum atomic E-state index is 14.2. The Balaban J connectivity index is 1.81. The van der Waals surface area contributed by atoms with E-state index < -0.39 is 29.2 Å². The molecule has 0 saturated heterocycles. The number of carbonyl (C=O) groups excluding carboxylic acids is 1. The van der Waals surface area contributed by atoms with Crippen molar-refractivity contribution in [2.75, 3.05) is 13.7 Å². The van der Waals surface area contributed by atoms with Gasteiger partial charge in [0.2, 0.25) is 0 Å². The standard InChI is InChI=1S/C29H25F2NO3/c1-34-28(33)26(20-35-27-18-17-24(30)19-25(27)31)32-29(21-11-5-2-6-12-21,22-13-7-3-8-14-22)23-15-9-4-10-16-23/h2-19,26,32H,20H2,1H3. The van der Waals surface area contributed by atoms with Crippen molar-refractivity contribution in [2.45, 2.75) is 11.6 Å². The quantitative estimate of drug-likeness (QED) is 0.259. The molecule has 1 unspecified atom stereocenters. The second-order valence-electron chi connectivity index (χ2n) is 7.95. The molecule has 35 heavy (non-hydrogen) atoms. The van der Waals surface area contributed by atoms with Crippen molar-refractivity contribution in [2.24, 2.45) is 0 Å². The largest absolute Gasteiger partial charge is 0.488 e. The molecular weight excluding hydrogens is 448 g/mol. The van der Waals surface area contributed by atoms with Crippen LogP contribution < -0.4 is 10.1 Å². The minimum atomic E-state index is -0.995. The minimum absolute atomic E-state index is 0.160. The molecule has 4 aromatic carbocycles. The number of methoxy groups -OCH3 is 1. The number of benzene rings is 4. The van der Waals surface area contributed by atoms with Crippen LogP contribution in [0.2, 0.25) is 0 Å². The summed E-state index contributed by atoms with van der Waals surface area (Å²) >= 11 is 0. The molecule has 4 nitrogen and oxygen atoms in total. The fraction of sp³-hybridized carbons (Fsp3) is 0.138. The lowest BCUT2D eigenvalue weighted by Crippen LogP contribution is -2.55. The fourth-order valence-electron chi connectivity index (χ4n) is 4.15. The van der Waals surface area contributed by atoms with Crippen molar-refractivity contribution < 1.29 is 23.0 Å². The van der Waals surface area contributed by atoms with Crippen LogP contribution in [0.4, 0.5) is 8.78 Å². The van der Waals surface area contributed by atoms with E-state index in [9.17, 15) is 13.6 Å². The molecule has 0 heterocycles. The first-order valence-electron chi connectivity index (χ1n) is 11.1. The topological polar surface area (TPSA) is 47.6 Å². The molecule has 0 aromatic heterocycles. The van der Waals surface area contributed by atoms with Gasteiger partial charge in [0.15, 0.2) is 11.6 Å². The van der Waals surface area contributed by atoms with E-state index >= 15 is 0 Å². The Bertz CT molecular complexity index is 1150. The zero-order valence-corrected chi connectivity index (χ0v) is 19.2. The second-order valence-corrected chi connectivity index (χ2v) is 7.95. The Morgan fingerprint density at radius 1 is 0.800 bits per heavy atom. The molecule has 1 N–H and O–H groups in total. The predicted molar refractivity (Wildman–Crippen MR) is 130 cm³/mol. The normalized spacial score (nSPS) is 12.1. The lowest BCUT2D eigenvalue weighted by atomic mass is 9.76. The summed E-state index contributed by atoms with van der Waals surface area (Å²) in [5.41, 5.74) is 1.70. The zero-order chi connectivity index (χ0) is 24.7. The van der Waals surface area contributed by atoms with Gasteiger partial charge in [-0.3, -0.25) is 10.1 Å². The van der Waals surface area contributed by atoms with Crippen LogP contribution in [-0.4, -0.2) is 25.7 Å². The number of hydrogen-bond acceptors (Lipinski definition) is 4. The van der Waals surface area contributed by atoms with Crippen LogP contribution in [0.25, 0.3) is 0 Å². The van der Waals surface area contributed by atoms with Gasteiger partial charge in [0, 0.05) is 6.07 Å². The van der Waals surface area contributed by atoms with Crippen molar-refractivity contribution in [3.05, 3.63) is 138 Å². The summed E-state index contributed by atoms with van der Waals surface area (Å²) in [6.45, 7) is -0.247. The molecule has 0 aliphatic carbocycles. The summed E-state index contributed by atoms with van der Waals surface area (Å²) in [6, 6.07) is 31.2. The molecule has 1 atom stereocenters. The van der Waals surface area contributed by atoms with Crippen LogP contribution in [0.3, 0.4) is 0 Å². The number of esters is 1. The van der Waals surface area contributed by atoms with Crippen LogP contribution in [0, 0.1) is 11.6 Å². The van der Waals surface area contributed by atoms with Crippen LogP contribution in [0.15, 0.2) is 109 Å². The monoisotopic (exact) mass is 473 g/mol. The van der Waals surface area contributed by atoms with E-state index in [1.807, 2.05) is 91.0 Å². The van der Waals surface area contributed by atoms with Gasteiger partial charge >= 0.3 is 5.97 Å². The molecule has 0 fully saturated rings. The molecule has 0 aliphatic heterocycles. The van der Waals surface area contributed by atoms with Crippen molar-refractivity contribution >= 4 is 5.97 Å². The first-order valence-corrected chi connectivity index (χ1v) is 11.1. The highest BCUT2D eigenvalue weighted by molar-refractivity contribution is 5.76. The van der Waals surface area contributed by atoms with Crippen molar-refractivity contribution in [1.29, 1.82) is 0 Å². The maximum absolute atomic E-state index is 14.2. The van der Waals surface area contributed by atoms with E-state index in [-0.39, 0.29) is 12.4 Å². The Morgan fingerprint density at radius 2 is 1.29 bits per heavy atom. The summed E-state index contributed by atoms with van der Waals surface area (Å²) in [7, 11) is 1.28. The molecule has 0 bridgehead atoms. The summed E-state index contributed by atoms with van der Waals surface area (Å²) in [5.74, 6) is -2.31. The Morgan fingerprint density at radius 3 is 1.71 bits per heavy atom. The summed E-state index contributed by atoms with van der Waals surface area (Å²) < 4.78 is 38.2.